The van der Waals surface area contributed by atoms with E-state index in [1.807, 2.05) is 13.8 Å². The molecule has 0 heterocycles. The fourth-order valence-electron chi connectivity index (χ4n) is 4.26. The number of alkyl halides is 3. The highest BCUT2D eigenvalue weighted by Crippen LogP contribution is 2.38. The molecule has 0 unspecified atom stereocenters. The Bertz CT molecular complexity index is 1520. The Morgan fingerprint density at radius 1 is 0.977 bits per heavy atom. The second-order valence-corrected chi connectivity index (χ2v) is 12.5. The van der Waals surface area contributed by atoms with E-state index < -0.39 is 62.7 Å². The molecule has 1 atom stereocenters. The average molecular weight is 642 g/mol. The number of rotatable bonds is 12. The van der Waals surface area contributed by atoms with E-state index >= 15 is 0 Å². The predicted molar refractivity (Wildman–Crippen MR) is 156 cm³/mol. The molecule has 3 aromatic rings. The van der Waals surface area contributed by atoms with Crippen LogP contribution in [0.15, 0.2) is 77.7 Å². The van der Waals surface area contributed by atoms with Gasteiger partial charge in [0.05, 0.1) is 21.2 Å². The minimum Gasteiger partial charge on any atom is -0.354 e. The molecule has 0 bridgehead atoms. The summed E-state index contributed by atoms with van der Waals surface area (Å²) in [6, 6.07) is 13.6. The van der Waals surface area contributed by atoms with Crippen molar-refractivity contribution in [1.29, 1.82) is 0 Å². The summed E-state index contributed by atoms with van der Waals surface area (Å²) in [5, 5.41) is 2.12. The van der Waals surface area contributed by atoms with E-state index in [0.717, 1.165) is 17.0 Å². The van der Waals surface area contributed by atoms with Crippen molar-refractivity contribution < 1.29 is 35.6 Å². The molecular formula is C30H32ClF4N3O4S. The lowest BCUT2D eigenvalue weighted by Gasteiger charge is -2.33. The maximum atomic E-state index is 14.0. The molecular weight excluding hydrogens is 610 g/mol. The summed E-state index contributed by atoms with van der Waals surface area (Å²) < 4.78 is 83.0. The van der Waals surface area contributed by atoms with Gasteiger partial charge in [-0.1, -0.05) is 62.7 Å². The number of nitrogens with one attached hydrogen (secondary N) is 1. The van der Waals surface area contributed by atoms with Gasteiger partial charge in [0, 0.05) is 13.1 Å². The second-order valence-electron chi connectivity index (χ2n) is 10.2. The van der Waals surface area contributed by atoms with Crippen LogP contribution in [0.5, 0.6) is 0 Å². The number of sulfonamides is 1. The summed E-state index contributed by atoms with van der Waals surface area (Å²) in [5.41, 5.74) is -1.28. The normalized spacial score (nSPS) is 12.6. The third-order valence-electron chi connectivity index (χ3n) is 6.49. The summed E-state index contributed by atoms with van der Waals surface area (Å²) in [6.45, 7) is 4.61. The highest BCUT2D eigenvalue weighted by Gasteiger charge is 2.37. The third-order valence-corrected chi connectivity index (χ3v) is 8.61. The fraction of sp³-hybridized carbons (Fsp3) is 0.333. The van der Waals surface area contributed by atoms with Crippen LogP contribution in [-0.2, 0) is 32.3 Å². The summed E-state index contributed by atoms with van der Waals surface area (Å²) in [6.07, 6.45) is -4.77. The molecule has 0 aromatic heterocycles. The van der Waals surface area contributed by atoms with Crippen molar-refractivity contribution in [3.63, 3.8) is 0 Å². The zero-order valence-corrected chi connectivity index (χ0v) is 25.3. The summed E-state index contributed by atoms with van der Waals surface area (Å²) in [7, 11) is -4.59. The van der Waals surface area contributed by atoms with Crippen molar-refractivity contribution in [2.75, 3.05) is 17.4 Å². The highest BCUT2D eigenvalue weighted by atomic mass is 35.5. The molecule has 0 saturated heterocycles. The topological polar surface area (TPSA) is 86.8 Å². The SMILES string of the molecule is CC[C@H](C(=O)NCC(C)C)N(Cc1ccc(F)cc1)C(=O)CN(c1ccc(Cl)c(C(F)(F)F)c1)S(=O)(=O)c1ccccc1. The number of amides is 2. The van der Waals surface area contributed by atoms with Crippen LogP contribution in [0.2, 0.25) is 5.02 Å². The average Bonchev–Trinajstić information content (AvgIpc) is 2.95. The van der Waals surface area contributed by atoms with Crippen LogP contribution in [0.25, 0.3) is 0 Å². The van der Waals surface area contributed by atoms with Crippen molar-refractivity contribution in [2.24, 2.45) is 5.92 Å². The summed E-state index contributed by atoms with van der Waals surface area (Å²) in [5.74, 6) is -1.78. The molecule has 0 fully saturated rings. The molecule has 0 aliphatic rings. The Labute approximate surface area is 253 Å². The van der Waals surface area contributed by atoms with Crippen LogP contribution in [0.4, 0.5) is 23.2 Å². The molecule has 0 spiro atoms. The van der Waals surface area contributed by atoms with Crippen LogP contribution in [0.3, 0.4) is 0 Å². The van der Waals surface area contributed by atoms with Gasteiger partial charge >= 0.3 is 6.18 Å². The lowest BCUT2D eigenvalue weighted by atomic mass is 10.1. The summed E-state index contributed by atoms with van der Waals surface area (Å²) >= 11 is 5.79. The van der Waals surface area contributed by atoms with E-state index in [4.69, 9.17) is 11.6 Å². The van der Waals surface area contributed by atoms with E-state index in [0.29, 0.717) is 22.5 Å². The number of nitrogens with zero attached hydrogens (tertiary/aromatic N) is 2. The molecule has 232 valence electrons. The minimum absolute atomic E-state index is 0.0990. The summed E-state index contributed by atoms with van der Waals surface area (Å²) in [4.78, 5) is 28.1. The van der Waals surface area contributed by atoms with Gasteiger partial charge in [0.2, 0.25) is 11.8 Å². The molecule has 43 heavy (non-hydrogen) atoms. The largest absolute Gasteiger partial charge is 0.417 e. The standard InChI is InChI=1S/C30H32ClF4N3O4S/c1-4-27(29(40)36-17-20(2)3)37(18-21-10-12-22(32)13-11-21)28(39)19-38(43(41,42)24-8-6-5-7-9-24)23-14-15-26(31)25(16-23)30(33,34)35/h5-16,20,27H,4,17-19H2,1-3H3,(H,36,40)/t27-/m1/s1. The first-order valence-electron chi connectivity index (χ1n) is 13.4. The van der Waals surface area contributed by atoms with Gasteiger partial charge in [0.25, 0.3) is 10.0 Å². The maximum Gasteiger partial charge on any atom is 0.417 e. The van der Waals surface area contributed by atoms with Crippen LogP contribution < -0.4 is 9.62 Å². The molecule has 3 rings (SSSR count). The van der Waals surface area contributed by atoms with E-state index in [9.17, 15) is 35.6 Å². The second kappa shape index (κ2) is 14.2. The first-order chi connectivity index (χ1) is 20.1. The number of hydrogen-bond acceptors (Lipinski definition) is 4. The third kappa shape index (κ3) is 8.70. The zero-order chi connectivity index (χ0) is 31.9. The smallest absolute Gasteiger partial charge is 0.354 e. The van der Waals surface area contributed by atoms with E-state index in [-0.39, 0.29) is 23.8 Å². The first-order valence-corrected chi connectivity index (χ1v) is 15.2. The molecule has 3 aromatic carbocycles. The van der Waals surface area contributed by atoms with Gasteiger partial charge in [-0.05, 0) is 60.4 Å². The Balaban J connectivity index is 2.12. The molecule has 2 amide bonds. The van der Waals surface area contributed by atoms with Crippen molar-refractivity contribution in [1.82, 2.24) is 10.2 Å². The number of anilines is 1. The monoisotopic (exact) mass is 641 g/mol. The lowest BCUT2D eigenvalue weighted by molar-refractivity contribution is -0.140. The van der Waals surface area contributed by atoms with E-state index in [2.05, 4.69) is 5.32 Å². The lowest BCUT2D eigenvalue weighted by Crippen LogP contribution is -2.52. The van der Waals surface area contributed by atoms with Gasteiger partial charge in [0.15, 0.2) is 0 Å². The number of hydrogen-bond donors (Lipinski definition) is 1. The number of carbonyl (C=O) groups excluding carboxylic acids is 2. The van der Waals surface area contributed by atoms with E-state index in [1.54, 1.807) is 13.0 Å². The van der Waals surface area contributed by atoms with Gasteiger partial charge in [-0.3, -0.25) is 13.9 Å². The molecule has 0 radical (unpaired) electrons. The Morgan fingerprint density at radius 2 is 1.60 bits per heavy atom. The maximum absolute atomic E-state index is 14.0. The molecule has 7 nitrogen and oxygen atoms in total. The Kier molecular flexibility index (Phi) is 11.2. The molecule has 13 heteroatoms. The van der Waals surface area contributed by atoms with Gasteiger partial charge in [-0.2, -0.15) is 13.2 Å². The first kappa shape index (κ1) is 33.9. The minimum atomic E-state index is -4.91. The molecule has 0 aliphatic carbocycles. The van der Waals surface area contributed by atoms with Crippen LogP contribution in [0, 0.1) is 11.7 Å². The van der Waals surface area contributed by atoms with Crippen molar-refractivity contribution in [3.05, 3.63) is 94.8 Å². The van der Waals surface area contributed by atoms with Crippen LogP contribution >= 0.6 is 11.6 Å². The molecule has 1 N–H and O–H groups in total. The fourth-order valence-corrected chi connectivity index (χ4v) is 5.91. The van der Waals surface area contributed by atoms with Crippen LogP contribution in [-0.4, -0.2) is 44.3 Å². The highest BCUT2D eigenvalue weighted by molar-refractivity contribution is 7.92. The number of halogens is 5. The number of carbonyl (C=O) groups is 2. The Morgan fingerprint density at radius 3 is 2.16 bits per heavy atom. The molecule has 0 aliphatic heterocycles. The predicted octanol–water partition coefficient (Wildman–Crippen LogP) is 6.27. The number of benzene rings is 3. The van der Waals surface area contributed by atoms with Crippen molar-refractivity contribution in [3.8, 4) is 0 Å². The van der Waals surface area contributed by atoms with Crippen molar-refractivity contribution in [2.45, 2.75) is 50.9 Å². The zero-order valence-electron chi connectivity index (χ0n) is 23.7. The Hall–Kier alpha value is -3.64. The van der Waals surface area contributed by atoms with E-state index in [1.165, 1.54) is 48.5 Å². The quantitative estimate of drug-likeness (QED) is 0.236. The van der Waals surface area contributed by atoms with Gasteiger partial charge in [-0.25, -0.2) is 12.8 Å². The van der Waals surface area contributed by atoms with Gasteiger partial charge < -0.3 is 10.2 Å². The van der Waals surface area contributed by atoms with Crippen LogP contribution in [0.1, 0.15) is 38.3 Å². The van der Waals surface area contributed by atoms with Gasteiger partial charge in [-0.15, -0.1) is 0 Å². The molecule has 0 saturated carbocycles. The van der Waals surface area contributed by atoms with Gasteiger partial charge in [0.1, 0.15) is 18.4 Å². The van der Waals surface area contributed by atoms with Crippen molar-refractivity contribution >= 4 is 39.1 Å².